The first-order valence-electron chi connectivity index (χ1n) is 16.9. The molecule has 7 heterocycles. The highest BCUT2D eigenvalue weighted by Gasteiger charge is 2.49. The monoisotopic (exact) mass is 681 g/mol. The molecule has 50 heavy (non-hydrogen) atoms. The van der Waals surface area contributed by atoms with Crippen LogP contribution in [-0.4, -0.2) is 108 Å². The number of hydrogen-bond acceptors (Lipinski definition) is 9. The molecule has 3 saturated heterocycles. The lowest BCUT2D eigenvalue weighted by atomic mass is 9.94. The average Bonchev–Trinajstić information content (AvgIpc) is 3.87. The topological polar surface area (TPSA) is 122 Å². The van der Waals surface area contributed by atoms with Gasteiger partial charge in [-0.15, -0.1) is 6.42 Å². The highest BCUT2D eigenvalue weighted by molar-refractivity contribution is 6.20. The highest BCUT2D eigenvalue weighted by Crippen LogP contribution is 2.45. The molecule has 3 aliphatic heterocycles. The zero-order valence-corrected chi connectivity index (χ0v) is 28.1. The van der Waals surface area contributed by atoms with E-state index in [1.807, 2.05) is 29.6 Å². The Kier molecular flexibility index (Phi) is 6.91. The van der Waals surface area contributed by atoms with Crippen LogP contribution in [0.4, 0.5) is 14.6 Å². The number of ether oxygens (including phenoxy) is 2. The first-order chi connectivity index (χ1) is 24.1. The minimum absolute atomic E-state index is 0.142. The lowest BCUT2D eigenvalue weighted by molar-refractivity contribution is -0.0123. The Bertz CT molecular complexity index is 2390. The molecule has 3 fully saturated rings. The molecule has 9 rings (SSSR count). The Morgan fingerprint density at radius 3 is 2.90 bits per heavy atom. The van der Waals surface area contributed by atoms with Gasteiger partial charge in [-0.1, -0.05) is 12.0 Å². The van der Waals surface area contributed by atoms with Gasteiger partial charge in [-0.05, 0) is 43.8 Å². The maximum absolute atomic E-state index is 15.3. The van der Waals surface area contributed by atoms with Crippen molar-refractivity contribution in [3.63, 3.8) is 0 Å². The van der Waals surface area contributed by atoms with Gasteiger partial charge in [0, 0.05) is 49.9 Å². The number of aromatic nitrogens is 7. The van der Waals surface area contributed by atoms with Crippen molar-refractivity contribution in [1.82, 2.24) is 39.4 Å². The SMILES string of the molecule is C#Cc1c(F)ccc2cc3[nH]ncc3c(-c3nn(C)c4c5c(N6CCOC[C@@](C)(O)C6)nc(OC[C@@]67CCCN6C[C@H](F)C7)nc5n(C)c34)c12. The van der Waals surface area contributed by atoms with Crippen LogP contribution in [0.15, 0.2) is 24.4 Å². The number of aryl methyl sites for hydroxylation is 2. The Balaban J connectivity index is 1.29. The van der Waals surface area contributed by atoms with E-state index in [0.29, 0.717) is 59.6 Å². The van der Waals surface area contributed by atoms with Gasteiger partial charge in [0.25, 0.3) is 0 Å². The number of aromatic amines is 1. The van der Waals surface area contributed by atoms with E-state index < -0.39 is 17.6 Å². The van der Waals surface area contributed by atoms with Gasteiger partial charge in [0.2, 0.25) is 0 Å². The van der Waals surface area contributed by atoms with Crippen LogP contribution < -0.4 is 9.64 Å². The van der Waals surface area contributed by atoms with Crippen molar-refractivity contribution < 1.29 is 23.4 Å². The third kappa shape index (κ3) is 4.60. The number of benzene rings is 2. The van der Waals surface area contributed by atoms with Gasteiger partial charge in [-0.3, -0.25) is 14.7 Å². The quantitative estimate of drug-likeness (QED) is 0.258. The molecule has 3 atom stereocenters. The summed E-state index contributed by atoms with van der Waals surface area (Å²) in [6.07, 6.45) is 9.00. The fourth-order valence-electron chi connectivity index (χ4n) is 8.65. The maximum Gasteiger partial charge on any atom is 0.320 e. The molecule has 0 bridgehead atoms. The van der Waals surface area contributed by atoms with E-state index in [0.717, 1.165) is 46.7 Å². The van der Waals surface area contributed by atoms with Gasteiger partial charge in [-0.2, -0.15) is 20.2 Å². The fraction of sp³-hybridized carbons (Fsp3) is 0.444. The number of fused-ring (bicyclic) bond motifs is 6. The number of rotatable bonds is 5. The van der Waals surface area contributed by atoms with Crippen molar-refractivity contribution in [1.29, 1.82) is 0 Å². The summed E-state index contributed by atoms with van der Waals surface area (Å²) in [5.41, 5.74) is 2.64. The molecule has 0 unspecified atom stereocenters. The summed E-state index contributed by atoms with van der Waals surface area (Å²) < 4.78 is 45.8. The molecule has 0 aliphatic carbocycles. The van der Waals surface area contributed by atoms with Gasteiger partial charge < -0.3 is 24.0 Å². The number of hydrogen-bond donors (Lipinski definition) is 2. The molecule has 4 aromatic heterocycles. The number of aliphatic hydroxyl groups is 1. The first-order valence-corrected chi connectivity index (χ1v) is 16.9. The summed E-state index contributed by atoms with van der Waals surface area (Å²) in [5, 5.41) is 26.4. The largest absolute Gasteiger partial charge is 0.461 e. The molecule has 2 N–H and O–H groups in total. The number of H-pyrrole nitrogens is 1. The smallest absolute Gasteiger partial charge is 0.320 e. The predicted octanol–water partition coefficient (Wildman–Crippen LogP) is 4.21. The molecule has 0 radical (unpaired) electrons. The minimum atomic E-state index is -1.14. The van der Waals surface area contributed by atoms with Gasteiger partial charge in [0.15, 0.2) is 5.65 Å². The predicted molar refractivity (Wildman–Crippen MR) is 185 cm³/mol. The lowest BCUT2D eigenvalue weighted by Crippen LogP contribution is -2.44. The Hall–Kier alpha value is -4.84. The Labute approximate surface area is 286 Å². The maximum atomic E-state index is 15.3. The van der Waals surface area contributed by atoms with Crippen molar-refractivity contribution in [2.45, 2.75) is 43.5 Å². The molecular formula is C36H37F2N9O3. The van der Waals surface area contributed by atoms with E-state index in [4.69, 9.17) is 31.0 Å². The first kappa shape index (κ1) is 31.2. The van der Waals surface area contributed by atoms with Crippen molar-refractivity contribution in [3.05, 3.63) is 35.8 Å². The van der Waals surface area contributed by atoms with Crippen LogP contribution in [0.3, 0.4) is 0 Å². The Morgan fingerprint density at radius 1 is 1.20 bits per heavy atom. The van der Waals surface area contributed by atoms with Gasteiger partial charge in [0.05, 0.1) is 59.0 Å². The van der Waals surface area contributed by atoms with E-state index in [9.17, 15) is 9.50 Å². The Morgan fingerprint density at radius 2 is 2.06 bits per heavy atom. The number of anilines is 1. The van der Waals surface area contributed by atoms with Crippen LogP contribution >= 0.6 is 0 Å². The number of halogens is 2. The molecular weight excluding hydrogens is 644 g/mol. The molecule has 14 heteroatoms. The zero-order chi connectivity index (χ0) is 34.5. The van der Waals surface area contributed by atoms with Crippen molar-refractivity contribution >= 4 is 49.6 Å². The minimum Gasteiger partial charge on any atom is -0.461 e. The summed E-state index contributed by atoms with van der Waals surface area (Å²) in [6.45, 7) is 4.56. The van der Waals surface area contributed by atoms with Crippen LogP contribution in [0.25, 0.3) is 55.0 Å². The molecule has 0 spiro atoms. The standard InChI is InChI=1S/C36H37F2N9O3/c1-5-22-24(38)8-7-20-13-25-23(15-39-42-25)27(26(20)22)29-31-30(45(4)43-29)28-32(44(31)3)40-34(41-33(28)46-11-12-49-18-35(2,48)17-46)50-19-36-9-6-10-47(36)16-21(37)14-36/h1,7-8,13,15,21,48H,6,9-12,14,16-19H2,2-4H3,(H,39,42)/t21-,35+,36+/m1/s1. The van der Waals surface area contributed by atoms with E-state index in [1.54, 1.807) is 23.9 Å². The third-order valence-electron chi connectivity index (χ3n) is 10.8. The summed E-state index contributed by atoms with van der Waals surface area (Å²) in [5.74, 6) is 2.64. The number of nitrogens with zero attached hydrogens (tertiary/aromatic N) is 8. The highest BCUT2D eigenvalue weighted by atomic mass is 19.1. The van der Waals surface area contributed by atoms with Crippen LogP contribution in [0.1, 0.15) is 31.7 Å². The summed E-state index contributed by atoms with van der Waals surface area (Å²) in [7, 11) is 3.75. The van der Waals surface area contributed by atoms with Gasteiger partial charge in [0.1, 0.15) is 35.7 Å². The summed E-state index contributed by atoms with van der Waals surface area (Å²) in [4.78, 5) is 14.2. The molecule has 3 aliphatic rings. The molecule has 0 amide bonds. The number of terminal acetylenes is 1. The zero-order valence-electron chi connectivity index (χ0n) is 28.1. The fourth-order valence-corrected chi connectivity index (χ4v) is 8.65. The van der Waals surface area contributed by atoms with Crippen LogP contribution in [0, 0.1) is 18.2 Å². The third-order valence-corrected chi connectivity index (χ3v) is 10.8. The van der Waals surface area contributed by atoms with E-state index in [2.05, 4.69) is 21.0 Å². The van der Waals surface area contributed by atoms with E-state index in [-0.39, 0.29) is 36.9 Å². The van der Waals surface area contributed by atoms with Crippen molar-refractivity contribution in [2.75, 3.05) is 50.9 Å². The summed E-state index contributed by atoms with van der Waals surface area (Å²) in [6, 6.07) is 5.16. The normalized spacial score (nSPS) is 24.5. The molecule has 258 valence electrons. The van der Waals surface area contributed by atoms with Crippen LogP contribution in [0.2, 0.25) is 0 Å². The second kappa shape index (κ2) is 11.1. The van der Waals surface area contributed by atoms with Crippen LogP contribution in [-0.2, 0) is 18.8 Å². The average molecular weight is 682 g/mol. The summed E-state index contributed by atoms with van der Waals surface area (Å²) >= 11 is 0. The number of nitrogens with one attached hydrogen (secondary N) is 1. The molecule has 0 saturated carbocycles. The van der Waals surface area contributed by atoms with Gasteiger partial charge in [-0.25, -0.2) is 8.78 Å². The van der Waals surface area contributed by atoms with E-state index >= 15 is 4.39 Å². The molecule has 12 nitrogen and oxygen atoms in total. The van der Waals surface area contributed by atoms with Gasteiger partial charge >= 0.3 is 6.01 Å². The molecule has 2 aromatic carbocycles. The number of β-amino-alcohol motifs (C(OH)–C–C–N with tert-alkyl or cyclic N) is 1. The molecule has 6 aromatic rings. The second-order valence-corrected chi connectivity index (χ2v) is 14.3. The number of alkyl halides is 1. The lowest BCUT2D eigenvalue weighted by Gasteiger charge is -2.31. The second-order valence-electron chi connectivity index (χ2n) is 14.3. The van der Waals surface area contributed by atoms with Crippen molar-refractivity contribution in [2.24, 2.45) is 14.1 Å². The van der Waals surface area contributed by atoms with E-state index in [1.165, 1.54) is 6.07 Å². The van der Waals surface area contributed by atoms with Crippen molar-refractivity contribution in [3.8, 4) is 29.6 Å². The van der Waals surface area contributed by atoms with Crippen LogP contribution in [0.5, 0.6) is 6.01 Å².